The van der Waals surface area contributed by atoms with Crippen molar-refractivity contribution in [2.24, 2.45) is 10.9 Å². The fraction of sp³-hybridized carbons (Fsp3) is 0.905. The fourth-order valence-electron chi connectivity index (χ4n) is 4.64. The minimum atomic E-state index is 0. The van der Waals surface area contributed by atoms with Crippen LogP contribution in [-0.4, -0.2) is 99.1 Å². The number of carbonyl (C=O) groups excluding carboxylic acids is 1. The number of likely N-dealkylation sites (N-methyl/N-ethyl adjacent to an activating group) is 1. The SMILES string of the molecule is CN=C(NCCCCN1CCN(C)CC1)NC1CCN(C(=O)C2CCCC2)C1.I. The zero-order chi connectivity index (χ0) is 19.8. The molecule has 3 rings (SSSR count). The predicted octanol–water partition coefficient (Wildman–Crippen LogP) is 1.59. The van der Waals surface area contributed by atoms with Crippen LogP contribution in [0, 0.1) is 5.92 Å². The van der Waals surface area contributed by atoms with E-state index in [1.165, 1.54) is 52.0 Å². The Morgan fingerprint density at radius 1 is 1.03 bits per heavy atom. The Morgan fingerprint density at radius 3 is 2.45 bits per heavy atom. The summed E-state index contributed by atoms with van der Waals surface area (Å²) >= 11 is 0. The highest BCUT2D eigenvalue weighted by Gasteiger charge is 2.32. The number of guanidine groups is 1. The smallest absolute Gasteiger partial charge is 0.225 e. The van der Waals surface area contributed by atoms with E-state index in [9.17, 15) is 4.79 Å². The summed E-state index contributed by atoms with van der Waals surface area (Å²) in [5, 5.41) is 6.96. The van der Waals surface area contributed by atoms with Gasteiger partial charge in [-0.25, -0.2) is 0 Å². The van der Waals surface area contributed by atoms with E-state index < -0.39 is 0 Å². The normalized spacial score (nSPS) is 24.6. The zero-order valence-corrected chi connectivity index (χ0v) is 20.7. The van der Waals surface area contributed by atoms with E-state index in [1.807, 2.05) is 7.05 Å². The van der Waals surface area contributed by atoms with E-state index in [4.69, 9.17) is 0 Å². The highest BCUT2D eigenvalue weighted by molar-refractivity contribution is 14.0. The number of likely N-dealkylation sites (tertiary alicyclic amines) is 1. The molecule has 0 aromatic heterocycles. The highest BCUT2D eigenvalue weighted by Crippen LogP contribution is 2.27. The van der Waals surface area contributed by atoms with Crippen molar-refractivity contribution in [3.8, 4) is 0 Å². The number of rotatable bonds is 7. The molecule has 7 nitrogen and oxygen atoms in total. The van der Waals surface area contributed by atoms with Crippen molar-refractivity contribution in [1.29, 1.82) is 0 Å². The molecule has 0 spiro atoms. The Kier molecular flexibility index (Phi) is 11.0. The van der Waals surface area contributed by atoms with Crippen LogP contribution in [0.1, 0.15) is 44.9 Å². The Bertz CT molecular complexity index is 517. The van der Waals surface area contributed by atoms with Gasteiger partial charge in [0.15, 0.2) is 5.96 Å². The van der Waals surface area contributed by atoms with E-state index in [2.05, 4.69) is 37.4 Å². The Morgan fingerprint density at radius 2 is 1.76 bits per heavy atom. The summed E-state index contributed by atoms with van der Waals surface area (Å²) in [4.78, 5) is 24.0. The van der Waals surface area contributed by atoms with E-state index in [0.29, 0.717) is 11.9 Å². The molecule has 8 heteroatoms. The van der Waals surface area contributed by atoms with Crippen molar-refractivity contribution in [3.05, 3.63) is 0 Å². The van der Waals surface area contributed by atoms with Gasteiger partial charge in [-0.15, -0.1) is 24.0 Å². The average Bonchev–Trinajstić information content (AvgIpc) is 3.40. The lowest BCUT2D eigenvalue weighted by Gasteiger charge is -2.32. The maximum atomic E-state index is 12.6. The van der Waals surface area contributed by atoms with E-state index in [1.54, 1.807) is 0 Å². The van der Waals surface area contributed by atoms with Gasteiger partial charge < -0.3 is 25.3 Å². The van der Waals surface area contributed by atoms with Crippen LogP contribution < -0.4 is 10.6 Å². The van der Waals surface area contributed by atoms with Gasteiger partial charge in [-0.2, -0.15) is 0 Å². The first-order valence-electron chi connectivity index (χ1n) is 11.3. The standard InChI is InChI=1S/C21H40N6O.HI/c1-22-21(23-10-5-6-11-26-15-13-25(2)14-16-26)24-19-9-12-27(17-19)20(28)18-7-3-4-8-18;/h18-19H,3-17H2,1-2H3,(H2,22,23,24);1H. The lowest BCUT2D eigenvalue weighted by atomic mass is 10.1. The molecule has 29 heavy (non-hydrogen) atoms. The first kappa shape index (κ1) is 24.7. The van der Waals surface area contributed by atoms with Gasteiger partial charge >= 0.3 is 0 Å². The number of carbonyl (C=O) groups is 1. The third kappa shape index (κ3) is 7.86. The molecule has 0 aromatic carbocycles. The summed E-state index contributed by atoms with van der Waals surface area (Å²) in [5.74, 6) is 1.55. The van der Waals surface area contributed by atoms with E-state index >= 15 is 0 Å². The molecule has 2 saturated heterocycles. The number of nitrogens with one attached hydrogen (secondary N) is 2. The summed E-state index contributed by atoms with van der Waals surface area (Å²) in [6.45, 7) is 8.63. The summed E-state index contributed by atoms with van der Waals surface area (Å²) in [6.07, 6.45) is 8.01. The Hall–Kier alpha value is -0.610. The summed E-state index contributed by atoms with van der Waals surface area (Å²) in [5.41, 5.74) is 0. The largest absolute Gasteiger partial charge is 0.356 e. The second-order valence-electron chi connectivity index (χ2n) is 8.75. The molecule has 168 valence electrons. The van der Waals surface area contributed by atoms with Crippen molar-refractivity contribution >= 4 is 35.8 Å². The molecule has 1 amide bonds. The van der Waals surface area contributed by atoms with Crippen LogP contribution in [0.2, 0.25) is 0 Å². The summed E-state index contributed by atoms with van der Waals surface area (Å²) in [6, 6.07) is 0.321. The maximum Gasteiger partial charge on any atom is 0.225 e. The van der Waals surface area contributed by atoms with Gasteiger partial charge in [0, 0.05) is 64.8 Å². The van der Waals surface area contributed by atoms with Crippen LogP contribution >= 0.6 is 24.0 Å². The number of halogens is 1. The summed E-state index contributed by atoms with van der Waals surface area (Å²) < 4.78 is 0. The van der Waals surface area contributed by atoms with Gasteiger partial charge in [0.1, 0.15) is 0 Å². The molecule has 1 atom stereocenters. The van der Waals surface area contributed by atoms with Crippen LogP contribution in [0.15, 0.2) is 4.99 Å². The molecule has 0 bridgehead atoms. The van der Waals surface area contributed by atoms with Crippen LogP contribution in [-0.2, 0) is 4.79 Å². The average molecular weight is 521 g/mol. The van der Waals surface area contributed by atoms with Gasteiger partial charge in [0.05, 0.1) is 0 Å². The number of aliphatic imine (C=N–C) groups is 1. The molecule has 2 aliphatic heterocycles. The highest BCUT2D eigenvalue weighted by atomic mass is 127. The molecule has 3 fully saturated rings. The van der Waals surface area contributed by atoms with Crippen LogP contribution in [0.4, 0.5) is 0 Å². The fourth-order valence-corrected chi connectivity index (χ4v) is 4.64. The molecular formula is C21H41IN6O. The third-order valence-corrected chi connectivity index (χ3v) is 6.56. The Balaban J connectivity index is 0.00000300. The minimum Gasteiger partial charge on any atom is -0.356 e. The van der Waals surface area contributed by atoms with Crippen LogP contribution in [0.3, 0.4) is 0 Å². The van der Waals surface area contributed by atoms with Crippen molar-refractivity contribution in [3.63, 3.8) is 0 Å². The van der Waals surface area contributed by atoms with Gasteiger partial charge in [0.25, 0.3) is 0 Å². The number of amides is 1. The number of unbranched alkanes of at least 4 members (excludes halogenated alkanes) is 1. The molecule has 2 heterocycles. The topological polar surface area (TPSA) is 63.2 Å². The lowest BCUT2D eigenvalue weighted by molar-refractivity contribution is -0.134. The molecule has 1 saturated carbocycles. The molecule has 0 radical (unpaired) electrons. The molecule has 0 aromatic rings. The van der Waals surface area contributed by atoms with Crippen molar-refractivity contribution in [1.82, 2.24) is 25.3 Å². The van der Waals surface area contributed by atoms with Gasteiger partial charge in [0.2, 0.25) is 5.91 Å². The van der Waals surface area contributed by atoms with Crippen molar-refractivity contribution < 1.29 is 4.79 Å². The van der Waals surface area contributed by atoms with Gasteiger partial charge in [-0.05, 0) is 45.7 Å². The van der Waals surface area contributed by atoms with Crippen LogP contribution in [0.25, 0.3) is 0 Å². The van der Waals surface area contributed by atoms with E-state index in [0.717, 1.165) is 51.3 Å². The molecule has 1 aliphatic carbocycles. The van der Waals surface area contributed by atoms with Gasteiger partial charge in [-0.3, -0.25) is 9.79 Å². The number of piperazine rings is 1. The number of hydrogen-bond acceptors (Lipinski definition) is 4. The van der Waals surface area contributed by atoms with E-state index in [-0.39, 0.29) is 29.9 Å². The Labute approximate surface area is 194 Å². The monoisotopic (exact) mass is 520 g/mol. The molecule has 3 aliphatic rings. The second kappa shape index (κ2) is 12.9. The van der Waals surface area contributed by atoms with Gasteiger partial charge in [-0.1, -0.05) is 12.8 Å². The third-order valence-electron chi connectivity index (χ3n) is 6.56. The predicted molar refractivity (Wildman–Crippen MR) is 130 cm³/mol. The first-order valence-corrected chi connectivity index (χ1v) is 11.3. The number of nitrogens with zero attached hydrogens (tertiary/aromatic N) is 4. The van der Waals surface area contributed by atoms with Crippen molar-refractivity contribution in [2.75, 3.05) is 66.5 Å². The summed E-state index contributed by atoms with van der Waals surface area (Å²) in [7, 11) is 4.03. The minimum absolute atomic E-state index is 0. The second-order valence-corrected chi connectivity index (χ2v) is 8.75. The zero-order valence-electron chi connectivity index (χ0n) is 18.4. The molecule has 2 N–H and O–H groups in total. The quantitative estimate of drug-likeness (QED) is 0.231. The molecular weight excluding hydrogens is 479 g/mol. The van der Waals surface area contributed by atoms with Crippen molar-refractivity contribution in [2.45, 2.75) is 51.0 Å². The maximum absolute atomic E-state index is 12.6. The van der Waals surface area contributed by atoms with Crippen LogP contribution in [0.5, 0.6) is 0 Å². The molecule has 1 unspecified atom stereocenters. The first-order chi connectivity index (χ1) is 13.7. The lowest BCUT2D eigenvalue weighted by Crippen LogP contribution is -2.46. The number of hydrogen-bond donors (Lipinski definition) is 2.